The predicted octanol–water partition coefficient (Wildman–Crippen LogP) is 1.34. The van der Waals surface area contributed by atoms with Gasteiger partial charge >= 0.3 is 5.69 Å². The molecule has 1 aromatic rings. The molecule has 0 amide bonds. The normalized spacial score (nSPS) is 12.2. The van der Waals surface area contributed by atoms with Gasteiger partial charge in [0.1, 0.15) is 18.5 Å². The van der Waals surface area contributed by atoms with Crippen LogP contribution in [0.3, 0.4) is 0 Å². The maximum absolute atomic E-state index is 10.9. The second-order valence-electron chi connectivity index (χ2n) is 4.62. The Labute approximate surface area is 117 Å². The van der Waals surface area contributed by atoms with Crippen LogP contribution in [-0.2, 0) is 0 Å². The Morgan fingerprint density at radius 2 is 2.15 bits per heavy atom. The van der Waals surface area contributed by atoms with Gasteiger partial charge in [-0.25, -0.2) is 0 Å². The largest absolute Gasteiger partial charge is 0.496 e. The van der Waals surface area contributed by atoms with E-state index >= 15 is 0 Å². The standard InChI is InChI=1S/C13H20N2O5/c1-9(2)14-7-10(16)8-20-13-5-4-11(19-3)6-12(13)15(17)18/h4-6,9-10,14,16H,7-8H2,1-3H3. The summed E-state index contributed by atoms with van der Waals surface area (Å²) in [5.74, 6) is 0.491. The van der Waals surface area contributed by atoms with E-state index in [1.165, 1.54) is 19.2 Å². The summed E-state index contributed by atoms with van der Waals surface area (Å²) in [7, 11) is 1.43. The number of nitro groups is 1. The van der Waals surface area contributed by atoms with Crippen LogP contribution in [0, 0.1) is 10.1 Å². The molecule has 0 heterocycles. The van der Waals surface area contributed by atoms with Crippen LogP contribution < -0.4 is 14.8 Å². The van der Waals surface area contributed by atoms with Crippen LogP contribution in [0.1, 0.15) is 13.8 Å². The zero-order valence-electron chi connectivity index (χ0n) is 11.8. The van der Waals surface area contributed by atoms with Gasteiger partial charge in [-0.1, -0.05) is 13.8 Å². The molecule has 0 fully saturated rings. The summed E-state index contributed by atoms with van der Waals surface area (Å²) in [6.45, 7) is 4.26. The quantitative estimate of drug-likeness (QED) is 0.552. The van der Waals surface area contributed by atoms with E-state index in [2.05, 4.69) is 5.32 Å². The second-order valence-corrected chi connectivity index (χ2v) is 4.62. The van der Waals surface area contributed by atoms with Crippen molar-refractivity contribution < 1.29 is 19.5 Å². The van der Waals surface area contributed by atoms with Gasteiger partial charge in [-0.3, -0.25) is 10.1 Å². The minimum atomic E-state index is -0.737. The molecular weight excluding hydrogens is 264 g/mol. The first-order valence-corrected chi connectivity index (χ1v) is 6.30. The highest BCUT2D eigenvalue weighted by Crippen LogP contribution is 2.30. The molecule has 20 heavy (non-hydrogen) atoms. The van der Waals surface area contributed by atoms with Crippen molar-refractivity contribution in [1.82, 2.24) is 5.32 Å². The van der Waals surface area contributed by atoms with Crippen molar-refractivity contribution in [2.24, 2.45) is 0 Å². The Kier molecular flexibility index (Phi) is 6.20. The molecule has 1 rings (SSSR count). The van der Waals surface area contributed by atoms with Crippen molar-refractivity contribution in [2.75, 3.05) is 20.3 Å². The van der Waals surface area contributed by atoms with E-state index in [0.29, 0.717) is 12.3 Å². The Morgan fingerprint density at radius 1 is 1.45 bits per heavy atom. The van der Waals surface area contributed by atoms with E-state index in [1.807, 2.05) is 13.8 Å². The molecule has 0 saturated carbocycles. The Balaban J connectivity index is 2.65. The lowest BCUT2D eigenvalue weighted by molar-refractivity contribution is -0.386. The number of methoxy groups -OCH3 is 1. The lowest BCUT2D eigenvalue weighted by Gasteiger charge is -2.15. The molecule has 0 aliphatic heterocycles. The summed E-state index contributed by atoms with van der Waals surface area (Å²) in [6, 6.07) is 4.56. The summed E-state index contributed by atoms with van der Waals surface area (Å²) < 4.78 is 10.2. The highest BCUT2D eigenvalue weighted by Gasteiger charge is 2.17. The van der Waals surface area contributed by atoms with Crippen molar-refractivity contribution >= 4 is 5.69 Å². The number of hydrogen-bond donors (Lipinski definition) is 2. The number of nitro benzene ring substituents is 1. The molecule has 0 saturated heterocycles. The third-order valence-corrected chi connectivity index (χ3v) is 2.56. The molecule has 112 valence electrons. The van der Waals surface area contributed by atoms with Crippen LogP contribution in [0.4, 0.5) is 5.69 Å². The molecule has 0 aromatic heterocycles. The van der Waals surface area contributed by atoms with Gasteiger partial charge in [-0.2, -0.15) is 0 Å². The smallest absolute Gasteiger partial charge is 0.314 e. The maximum atomic E-state index is 10.9. The van der Waals surface area contributed by atoms with Crippen LogP contribution in [0.5, 0.6) is 11.5 Å². The van der Waals surface area contributed by atoms with Crippen molar-refractivity contribution in [3.05, 3.63) is 28.3 Å². The summed E-state index contributed by atoms with van der Waals surface area (Å²) in [5.41, 5.74) is -0.187. The van der Waals surface area contributed by atoms with Crippen molar-refractivity contribution in [1.29, 1.82) is 0 Å². The van der Waals surface area contributed by atoms with Crippen molar-refractivity contribution in [3.63, 3.8) is 0 Å². The molecule has 0 aliphatic carbocycles. The number of aliphatic hydroxyl groups is 1. The topological polar surface area (TPSA) is 93.9 Å². The number of ether oxygens (including phenoxy) is 2. The van der Waals surface area contributed by atoms with E-state index in [4.69, 9.17) is 9.47 Å². The van der Waals surface area contributed by atoms with E-state index in [0.717, 1.165) is 0 Å². The first-order valence-electron chi connectivity index (χ1n) is 6.30. The first-order chi connectivity index (χ1) is 9.43. The summed E-state index contributed by atoms with van der Waals surface area (Å²) in [5, 5.41) is 23.7. The van der Waals surface area contributed by atoms with Crippen LogP contribution >= 0.6 is 0 Å². The Hall–Kier alpha value is -1.86. The van der Waals surface area contributed by atoms with E-state index in [1.54, 1.807) is 6.07 Å². The molecule has 1 unspecified atom stereocenters. The van der Waals surface area contributed by atoms with Gasteiger partial charge in [0.05, 0.1) is 18.1 Å². The fraction of sp³-hybridized carbons (Fsp3) is 0.538. The number of nitrogens with one attached hydrogen (secondary N) is 1. The second kappa shape index (κ2) is 7.66. The number of aliphatic hydroxyl groups excluding tert-OH is 1. The average molecular weight is 284 g/mol. The average Bonchev–Trinajstić information content (AvgIpc) is 2.42. The summed E-state index contributed by atoms with van der Waals surface area (Å²) in [6.07, 6.45) is -0.737. The highest BCUT2D eigenvalue weighted by molar-refractivity contribution is 5.50. The summed E-state index contributed by atoms with van der Waals surface area (Å²) >= 11 is 0. The molecule has 7 nitrogen and oxygen atoms in total. The van der Waals surface area contributed by atoms with E-state index in [9.17, 15) is 15.2 Å². The van der Waals surface area contributed by atoms with Crippen LogP contribution in [0.15, 0.2) is 18.2 Å². The number of hydrogen-bond acceptors (Lipinski definition) is 6. The predicted molar refractivity (Wildman–Crippen MR) is 74.3 cm³/mol. The molecular formula is C13H20N2O5. The van der Waals surface area contributed by atoms with Gasteiger partial charge in [0.15, 0.2) is 5.75 Å². The minimum absolute atomic E-state index is 0.0209. The van der Waals surface area contributed by atoms with Gasteiger partial charge in [0, 0.05) is 12.6 Å². The molecule has 1 atom stereocenters. The molecule has 1 aromatic carbocycles. The lowest BCUT2D eigenvalue weighted by Crippen LogP contribution is -2.35. The van der Waals surface area contributed by atoms with E-state index in [-0.39, 0.29) is 24.1 Å². The number of nitrogens with zero attached hydrogens (tertiary/aromatic N) is 1. The molecule has 0 spiro atoms. The van der Waals surface area contributed by atoms with Gasteiger partial charge in [-0.15, -0.1) is 0 Å². The number of rotatable bonds is 8. The van der Waals surface area contributed by atoms with Crippen molar-refractivity contribution in [2.45, 2.75) is 26.0 Å². The maximum Gasteiger partial charge on any atom is 0.314 e. The molecule has 0 bridgehead atoms. The van der Waals surface area contributed by atoms with Gasteiger partial charge in [0.2, 0.25) is 0 Å². The zero-order chi connectivity index (χ0) is 15.1. The summed E-state index contributed by atoms with van der Waals surface area (Å²) in [4.78, 5) is 10.4. The van der Waals surface area contributed by atoms with E-state index < -0.39 is 11.0 Å². The Morgan fingerprint density at radius 3 is 2.70 bits per heavy atom. The van der Waals surface area contributed by atoms with Gasteiger partial charge in [-0.05, 0) is 12.1 Å². The van der Waals surface area contributed by atoms with Crippen LogP contribution in [-0.4, -0.2) is 42.4 Å². The number of benzene rings is 1. The first kappa shape index (κ1) is 16.2. The molecule has 0 aliphatic rings. The van der Waals surface area contributed by atoms with Crippen molar-refractivity contribution in [3.8, 4) is 11.5 Å². The lowest BCUT2D eigenvalue weighted by atomic mass is 10.2. The third-order valence-electron chi connectivity index (χ3n) is 2.56. The van der Waals surface area contributed by atoms with Crippen LogP contribution in [0.2, 0.25) is 0 Å². The minimum Gasteiger partial charge on any atom is -0.496 e. The third kappa shape index (κ3) is 5.02. The highest BCUT2D eigenvalue weighted by atomic mass is 16.6. The fourth-order valence-electron chi connectivity index (χ4n) is 1.51. The molecule has 0 radical (unpaired) electrons. The molecule has 7 heteroatoms. The SMILES string of the molecule is COc1ccc(OCC(O)CNC(C)C)c([N+](=O)[O-])c1. The van der Waals surface area contributed by atoms with Crippen LogP contribution in [0.25, 0.3) is 0 Å². The molecule has 2 N–H and O–H groups in total. The van der Waals surface area contributed by atoms with Gasteiger partial charge in [0.25, 0.3) is 0 Å². The zero-order valence-corrected chi connectivity index (χ0v) is 11.8. The fourth-order valence-corrected chi connectivity index (χ4v) is 1.51. The monoisotopic (exact) mass is 284 g/mol. The van der Waals surface area contributed by atoms with Gasteiger partial charge < -0.3 is 19.9 Å². The Bertz CT molecular complexity index is 450.